The first-order valence-electron chi connectivity index (χ1n) is 6.20. The number of rotatable bonds is 3. The predicted octanol–water partition coefficient (Wildman–Crippen LogP) is 5.47. The summed E-state index contributed by atoms with van der Waals surface area (Å²) in [6, 6.07) is 9.67. The number of anilines is 1. The molecule has 3 rings (SSSR count). The SMILES string of the molecule is Fc1cc(F)c(NCc2[nH]c3ccccc3c2Cl)c(Br)c1. The summed E-state index contributed by atoms with van der Waals surface area (Å²) >= 11 is 9.43. The molecule has 0 aliphatic rings. The van der Waals surface area contributed by atoms with E-state index in [1.165, 1.54) is 6.07 Å². The van der Waals surface area contributed by atoms with Crippen molar-refractivity contribution in [3.05, 3.63) is 63.2 Å². The fraction of sp³-hybridized carbons (Fsp3) is 0.0667. The Kier molecular flexibility index (Phi) is 3.87. The molecule has 0 fully saturated rings. The van der Waals surface area contributed by atoms with Gasteiger partial charge in [-0.05, 0) is 28.1 Å². The van der Waals surface area contributed by atoms with Gasteiger partial charge in [0, 0.05) is 21.4 Å². The highest BCUT2D eigenvalue weighted by molar-refractivity contribution is 9.10. The van der Waals surface area contributed by atoms with Crippen molar-refractivity contribution >= 4 is 44.1 Å². The van der Waals surface area contributed by atoms with Crippen LogP contribution in [0.2, 0.25) is 5.02 Å². The summed E-state index contributed by atoms with van der Waals surface area (Å²) in [5, 5.41) is 4.43. The topological polar surface area (TPSA) is 27.8 Å². The Hall–Kier alpha value is -1.59. The molecule has 0 saturated heterocycles. The Morgan fingerprint density at radius 2 is 1.95 bits per heavy atom. The summed E-state index contributed by atoms with van der Waals surface area (Å²) in [6.07, 6.45) is 0. The second-order valence-corrected chi connectivity index (χ2v) is 5.79. The second-order valence-electron chi connectivity index (χ2n) is 4.56. The normalized spacial score (nSPS) is 11.0. The molecule has 0 spiro atoms. The van der Waals surface area contributed by atoms with Gasteiger partial charge in [0.1, 0.15) is 11.6 Å². The summed E-state index contributed by atoms with van der Waals surface area (Å²) in [7, 11) is 0. The van der Waals surface area contributed by atoms with Gasteiger partial charge in [-0.25, -0.2) is 8.78 Å². The first-order valence-corrected chi connectivity index (χ1v) is 7.37. The minimum atomic E-state index is -0.658. The highest BCUT2D eigenvalue weighted by Gasteiger charge is 2.12. The van der Waals surface area contributed by atoms with Crippen LogP contribution in [0, 0.1) is 11.6 Å². The fourth-order valence-corrected chi connectivity index (χ4v) is 3.00. The molecule has 0 unspecified atom stereocenters. The quantitative estimate of drug-likeness (QED) is 0.627. The number of hydrogen-bond donors (Lipinski definition) is 2. The lowest BCUT2D eigenvalue weighted by atomic mass is 10.2. The van der Waals surface area contributed by atoms with E-state index in [2.05, 4.69) is 26.2 Å². The molecule has 2 N–H and O–H groups in total. The second kappa shape index (κ2) is 5.66. The van der Waals surface area contributed by atoms with Gasteiger partial charge in [0.25, 0.3) is 0 Å². The molecule has 0 bridgehead atoms. The van der Waals surface area contributed by atoms with Crippen LogP contribution in [0.25, 0.3) is 10.9 Å². The van der Waals surface area contributed by atoms with Gasteiger partial charge in [-0.3, -0.25) is 0 Å². The van der Waals surface area contributed by atoms with Gasteiger partial charge in [0.15, 0.2) is 0 Å². The minimum Gasteiger partial charge on any atom is -0.376 e. The van der Waals surface area contributed by atoms with Crippen LogP contribution in [-0.4, -0.2) is 4.98 Å². The number of halogens is 4. The zero-order valence-corrected chi connectivity index (χ0v) is 13.0. The summed E-state index contributed by atoms with van der Waals surface area (Å²) in [6.45, 7) is 0.300. The Bertz CT molecular complexity index is 794. The molecule has 21 heavy (non-hydrogen) atoms. The Balaban J connectivity index is 1.89. The van der Waals surface area contributed by atoms with Gasteiger partial charge in [0.2, 0.25) is 0 Å². The molecule has 3 aromatic rings. The number of H-pyrrole nitrogens is 1. The van der Waals surface area contributed by atoms with Gasteiger partial charge in [-0.15, -0.1) is 0 Å². The zero-order valence-electron chi connectivity index (χ0n) is 10.7. The van der Waals surface area contributed by atoms with E-state index < -0.39 is 11.6 Å². The van der Waals surface area contributed by atoms with Crippen LogP contribution in [-0.2, 0) is 6.54 Å². The highest BCUT2D eigenvalue weighted by Crippen LogP contribution is 2.30. The highest BCUT2D eigenvalue weighted by atomic mass is 79.9. The van der Waals surface area contributed by atoms with Crippen LogP contribution in [0.15, 0.2) is 40.9 Å². The van der Waals surface area contributed by atoms with E-state index in [4.69, 9.17) is 11.6 Å². The molecule has 0 saturated carbocycles. The number of hydrogen-bond acceptors (Lipinski definition) is 1. The van der Waals surface area contributed by atoms with Gasteiger partial charge in [-0.2, -0.15) is 0 Å². The molecular formula is C15H10BrClF2N2. The smallest absolute Gasteiger partial charge is 0.150 e. The van der Waals surface area contributed by atoms with Gasteiger partial charge >= 0.3 is 0 Å². The molecule has 0 aliphatic carbocycles. The van der Waals surface area contributed by atoms with E-state index >= 15 is 0 Å². The molecule has 1 aromatic heterocycles. The van der Waals surface area contributed by atoms with Crippen LogP contribution in [0.4, 0.5) is 14.5 Å². The standard InChI is InChI=1S/C15H10BrClF2N2/c16-10-5-8(18)6-11(19)15(10)20-7-13-14(17)9-3-1-2-4-12(9)21-13/h1-6,20-21H,7H2. The van der Waals surface area contributed by atoms with Crippen molar-refractivity contribution < 1.29 is 8.78 Å². The van der Waals surface area contributed by atoms with Crippen molar-refractivity contribution in [2.45, 2.75) is 6.54 Å². The van der Waals surface area contributed by atoms with Crippen LogP contribution in [0.1, 0.15) is 5.69 Å². The third-order valence-corrected chi connectivity index (χ3v) is 4.22. The third kappa shape index (κ3) is 2.76. The van der Waals surface area contributed by atoms with Crippen molar-refractivity contribution in [1.82, 2.24) is 4.98 Å². The van der Waals surface area contributed by atoms with E-state index in [0.29, 0.717) is 16.0 Å². The van der Waals surface area contributed by atoms with E-state index in [1.54, 1.807) is 0 Å². The molecule has 2 nitrogen and oxygen atoms in total. The maximum Gasteiger partial charge on any atom is 0.150 e. The average Bonchev–Trinajstić information content (AvgIpc) is 2.75. The van der Waals surface area contributed by atoms with Crippen molar-refractivity contribution in [2.75, 3.05) is 5.32 Å². The molecule has 0 atom stereocenters. The minimum absolute atomic E-state index is 0.200. The summed E-state index contributed by atoms with van der Waals surface area (Å²) in [4.78, 5) is 3.18. The van der Waals surface area contributed by atoms with E-state index in [9.17, 15) is 8.78 Å². The number of benzene rings is 2. The lowest BCUT2D eigenvalue weighted by molar-refractivity contribution is 0.583. The number of aromatic amines is 1. The molecular weight excluding hydrogens is 362 g/mol. The monoisotopic (exact) mass is 370 g/mol. The molecule has 108 valence electrons. The lowest BCUT2D eigenvalue weighted by Gasteiger charge is -2.09. The maximum absolute atomic E-state index is 13.7. The largest absolute Gasteiger partial charge is 0.376 e. The van der Waals surface area contributed by atoms with E-state index in [0.717, 1.165) is 22.7 Å². The Morgan fingerprint density at radius 1 is 1.19 bits per heavy atom. The van der Waals surface area contributed by atoms with Crippen LogP contribution in [0.3, 0.4) is 0 Å². The number of nitrogens with one attached hydrogen (secondary N) is 2. The third-order valence-electron chi connectivity index (χ3n) is 3.16. The van der Waals surface area contributed by atoms with Gasteiger partial charge < -0.3 is 10.3 Å². The lowest BCUT2D eigenvalue weighted by Crippen LogP contribution is -2.03. The van der Waals surface area contributed by atoms with Crippen LogP contribution >= 0.6 is 27.5 Å². The number of fused-ring (bicyclic) bond motifs is 1. The van der Waals surface area contributed by atoms with E-state index in [-0.39, 0.29) is 5.69 Å². The fourth-order valence-electron chi connectivity index (χ4n) is 2.17. The van der Waals surface area contributed by atoms with Crippen LogP contribution in [0.5, 0.6) is 0 Å². The molecule has 2 aromatic carbocycles. The average molecular weight is 372 g/mol. The Labute approximate surface area is 133 Å². The molecule has 0 amide bonds. The maximum atomic E-state index is 13.7. The summed E-state index contributed by atoms with van der Waals surface area (Å²) in [5.74, 6) is -1.29. The first kappa shape index (κ1) is 14.4. The summed E-state index contributed by atoms with van der Waals surface area (Å²) < 4.78 is 27.1. The molecule has 0 aliphatic heterocycles. The molecule has 1 heterocycles. The first-order chi connectivity index (χ1) is 10.1. The molecule has 0 radical (unpaired) electrons. The summed E-state index contributed by atoms with van der Waals surface area (Å²) in [5.41, 5.74) is 1.86. The number of aromatic nitrogens is 1. The number of para-hydroxylation sites is 1. The molecule has 6 heteroatoms. The van der Waals surface area contributed by atoms with Crippen molar-refractivity contribution in [2.24, 2.45) is 0 Å². The van der Waals surface area contributed by atoms with Gasteiger partial charge in [0.05, 0.1) is 22.9 Å². The van der Waals surface area contributed by atoms with E-state index in [1.807, 2.05) is 24.3 Å². The predicted molar refractivity (Wildman–Crippen MR) is 84.7 cm³/mol. The van der Waals surface area contributed by atoms with Crippen molar-refractivity contribution in [1.29, 1.82) is 0 Å². The Morgan fingerprint density at radius 3 is 2.67 bits per heavy atom. The zero-order chi connectivity index (χ0) is 15.0. The van der Waals surface area contributed by atoms with Gasteiger partial charge in [-0.1, -0.05) is 29.8 Å². The van der Waals surface area contributed by atoms with Crippen molar-refractivity contribution in [3.8, 4) is 0 Å². The van der Waals surface area contributed by atoms with Crippen molar-refractivity contribution in [3.63, 3.8) is 0 Å². The van der Waals surface area contributed by atoms with Crippen LogP contribution < -0.4 is 5.32 Å².